The van der Waals surface area contributed by atoms with E-state index in [1.807, 2.05) is 0 Å². The molecule has 0 aromatic heterocycles. The van der Waals surface area contributed by atoms with E-state index < -0.39 is 0 Å². The first-order valence-corrected chi connectivity index (χ1v) is 9.73. The third-order valence-electron chi connectivity index (χ3n) is 8.25. The fourth-order valence-corrected chi connectivity index (χ4v) is 6.82. The Balaban J connectivity index is 1.65. The number of nitrogens with one attached hydrogen (secondary N) is 1. The molecule has 0 aromatic rings. The van der Waals surface area contributed by atoms with Crippen molar-refractivity contribution in [3.8, 4) is 0 Å². The van der Waals surface area contributed by atoms with Gasteiger partial charge in [-0.1, -0.05) is 19.9 Å². The molecule has 0 unspecified atom stereocenters. The monoisotopic (exact) mass is 343 g/mol. The number of rotatable bonds is 1. The molecule has 6 atom stereocenters. The van der Waals surface area contributed by atoms with Gasteiger partial charge in [-0.3, -0.25) is 4.79 Å². The molecule has 1 saturated heterocycles. The van der Waals surface area contributed by atoms with Gasteiger partial charge in [-0.05, 0) is 68.1 Å². The second kappa shape index (κ2) is 5.74. The van der Waals surface area contributed by atoms with Crippen molar-refractivity contribution in [3.05, 3.63) is 17.5 Å². The summed E-state index contributed by atoms with van der Waals surface area (Å²) in [6, 6.07) is 0. The lowest BCUT2D eigenvalue weighted by Crippen LogP contribution is -2.52. The van der Waals surface area contributed by atoms with Crippen molar-refractivity contribution in [1.82, 2.24) is 5.32 Å². The van der Waals surface area contributed by atoms with E-state index in [2.05, 4.69) is 31.2 Å². The normalized spacial score (nSPS) is 45.2. The SMILES string of the molecule is COC(=O)[C@H]1CC[C@H]2[C@@H]3CC=C4NC(=C=O)CC[C@]4(C)[C@H]3CC[C@]12C. The van der Waals surface area contributed by atoms with Crippen LogP contribution in [-0.2, 0) is 14.3 Å². The van der Waals surface area contributed by atoms with E-state index in [1.54, 1.807) is 0 Å². The predicted octanol–water partition coefficient (Wildman–Crippen LogP) is 3.61. The number of hydrogen-bond acceptors (Lipinski definition) is 4. The van der Waals surface area contributed by atoms with Crippen molar-refractivity contribution in [2.24, 2.45) is 34.5 Å². The quantitative estimate of drug-likeness (QED) is 0.584. The van der Waals surface area contributed by atoms with E-state index in [0.717, 1.165) is 38.5 Å². The van der Waals surface area contributed by atoms with Crippen LogP contribution in [0.4, 0.5) is 0 Å². The Hall–Kier alpha value is -1.54. The average molecular weight is 343 g/mol. The molecule has 4 rings (SSSR count). The smallest absolute Gasteiger partial charge is 0.309 e. The summed E-state index contributed by atoms with van der Waals surface area (Å²) in [6.45, 7) is 4.70. The second-order valence-electron chi connectivity index (χ2n) is 9.05. The van der Waals surface area contributed by atoms with E-state index >= 15 is 0 Å². The van der Waals surface area contributed by atoms with Crippen molar-refractivity contribution < 1.29 is 14.3 Å². The Morgan fingerprint density at radius 1 is 1.24 bits per heavy atom. The van der Waals surface area contributed by atoms with Crippen molar-refractivity contribution in [3.63, 3.8) is 0 Å². The van der Waals surface area contributed by atoms with Crippen LogP contribution in [0.2, 0.25) is 0 Å². The van der Waals surface area contributed by atoms with E-state index in [-0.39, 0.29) is 22.7 Å². The number of esters is 1. The molecule has 0 spiro atoms. The summed E-state index contributed by atoms with van der Waals surface area (Å²) in [4.78, 5) is 23.4. The van der Waals surface area contributed by atoms with E-state index in [0.29, 0.717) is 23.5 Å². The minimum absolute atomic E-state index is 0.0122. The lowest BCUT2D eigenvalue weighted by Gasteiger charge is -2.57. The lowest BCUT2D eigenvalue weighted by molar-refractivity contribution is -0.152. The van der Waals surface area contributed by atoms with Gasteiger partial charge in [0.1, 0.15) is 11.6 Å². The number of fused-ring (bicyclic) bond motifs is 5. The fourth-order valence-electron chi connectivity index (χ4n) is 6.82. The van der Waals surface area contributed by atoms with Crippen LogP contribution in [0.5, 0.6) is 0 Å². The van der Waals surface area contributed by atoms with Gasteiger partial charge in [0.05, 0.1) is 13.0 Å². The summed E-state index contributed by atoms with van der Waals surface area (Å²) < 4.78 is 5.11. The fraction of sp³-hybridized carbons (Fsp3) is 0.762. The number of carbonyl (C=O) groups excluding carboxylic acids is 2. The predicted molar refractivity (Wildman–Crippen MR) is 94.9 cm³/mol. The minimum atomic E-state index is -0.0122. The van der Waals surface area contributed by atoms with Crippen LogP contribution in [0.1, 0.15) is 58.8 Å². The van der Waals surface area contributed by atoms with Crippen LogP contribution >= 0.6 is 0 Å². The Kier molecular flexibility index (Phi) is 3.88. The number of piperidine rings is 1. The first kappa shape index (κ1) is 16.9. The van der Waals surface area contributed by atoms with Crippen molar-refractivity contribution in [2.45, 2.75) is 58.8 Å². The van der Waals surface area contributed by atoms with Gasteiger partial charge in [0.2, 0.25) is 0 Å². The Morgan fingerprint density at radius 3 is 2.76 bits per heavy atom. The molecule has 4 heteroatoms. The summed E-state index contributed by atoms with van der Waals surface area (Å²) in [7, 11) is 1.52. The van der Waals surface area contributed by atoms with E-state index in [4.69, 9.17) is 4.74 Å². The summed E-state index contributed by atoms with van der Waals surface area (Å²) in [5.74, 6) is 4.00. The summed E-state index contributed by atoms with van der Waals surface area (Å²) in [5.41, 5.74) is 2.17. The van der Waals surface area contributed by atoms with Crippen LogP contribution in [0.25, 0.3) is 0 Å². The number of carbonyl (C=O) groups is 1. The van der Waals surface area contributed by atoms with Gasteiger partial charge in [-0.15, -0.1) is 0 Å². The molecule has 4 aliphatic rings. The molecule has 3 aliphatic carbocycles. The van der Waals surface area contributed by atoms with Crippen molar-refractivity contribution >= 4 is 11.9 Å². The van der Waals surface area contributed by atoms with Gasteiger partial charge in [0, 0.05) is 11.1 Å². The standard InChI is InChI=1S/C21H29NO3/c1-20-11-9-16-14(15(20)5-6-17(20)19(24)25-3)4-7-18-21(16,2)10-8-13(12-23)22-18/h7,14-17,22H,4-6,8-11H2,1-3H3/t14-,15-,16-,17+,20-,21+/m0/s1. The summed E-state index contributed by atoms with van der Waals surface area (Å²) >= 11 is 0. The van der Waals surface area contributed by atoms with Gasteiger partial charge in [0.15, 0.2) is 0 Å². The maximum Gasteiger partial charge on any atom is 0.309 e. The number of ether oxygens (including phenoxy) is 1. The van der Waals surface area contributed by atoms with Gasteiger partial charge < -0.3 is 10.1 Å². The zero-order valence-electron chi connectivity index (χ0n) is 15.6. The molecule has 4 nitrogen and oxygen atoms in total. The van der Waals surface area contributed by atoms with Gasteiger partial charge >= 0.3 is 5.97 Å². The summed E-state index contributed by atoms with van der Waals surface area (Å²) in [5, 5.41) is 3.36. The highest BCUT2D eigenvalue weighted by atomic mass is 16.5. The first-order valence-electron chi connectivity index (χ1n) is 9.73. The molecule has 3 fully saturated rings. The molecule has 136 valence electrons. The van der Waals surface area contributed by atoms with Gasteiger partial charge in [-0.2, -0.15) is 0 Å². The van der Waals surface area contributed by atoms with Crippen LogP contribution in [0.3, 0.4) is 0 Å². The van der Waals surface area contributed by atoms with E-state index in [1.165, 1.54) is 19.2 Å². The minimum Gasteiger partial charge on any atom is -0.469 e. The first-order chi connectivity index (χ1) is 11.9. The summed E-state index contributed by atoms with van der Waals surface area (Å²) in [6.07, 6.45) is 9.61. The maximum atomic E-state index is 12.3. The molecule has 25 heavy (non-hydrogen) atoms. The van der Waals surface area contributed by atoms with Gasteiger partial charge in [0.25, 0.3) is 0 Å². The molecule has 0 amide bonds. The molecular formula is C21H29NO3. The lowest BCUT2D eigenvalue weighted by atomic mass is 9.49. The van der Waals surface area contributed by atoms with Crippen LogP contribution < -0.4 is 5.32 Å². The van der Waals surface area contributed by atoms with Crippen LogP contribution in [-0.4, -0.2) is 19.0 Å². The third-order valence-corrected chi connectivity index (χ3v) is 8.25. The zero-order valence-corrected chi connectivity index (χ0v) is 15.6. The Morgan fingerprint density at radius 2 is 2.04 bits per heavy atom. The zero-order chi connectivity index (χ0) is 17.8. The maximum absolute atomic E-state index is 12.3. The Bertz CT molecular complexity index is 677. The number of hydrogen-bond donors (Lipinski definition) is 1. The second-order valence-corrected chi connectivity index (χ2v) is 9.05. The van der Waals surface area contributed by atoms with Crippen molar-refractivity contribution in [1.29, 1.82) is 0 Å². The Labute approximate surface area is 150 Å². The van der Waals surface area contributed by atoms with Crippen LogP contribution in [0, 0.1) is 34.5 Å². The van der Waals surface area contributed by atoms with E-state index in [9.17, 15) is 9.59 Å². The van der Waals surface area contributed by atoms with Crippen LogP contribution in [0.15, 0.2) is 17.5 Å². The number of methoxy groups -OCH3 is 1. The van der Waals surface area contributed by atoms with Gasteiger partial charge in [-0.25, -0.2) is 4.79 Å². The van der Waals surface area contributed by atoms with Crippen molar-refractivity contribution in [2.75, 3.05) is 7.11 Å². The molecule has 0 bridgehead atoms. The highest BCUT2D eigenvalue weighted by Crippen LogP contribution is 2.65. The molecule has 1 heterocycles. The largest absolute Gasteiger partial charge is 0.469 e. The highest BCUT2D eigenvalue weighted by Gasteiger charge is 2.60. The molecular weight excluding hydrogens is 314 g/mol. The molecule has 0 aromatic carbocycles. The molecule has 2 saturated carbocycles. The topological polar surface area (TPSA) is 55.4 Å². The molecule has 1 N–H and O–H groups in total. The third kappa shape index (κ3) is 2.26. The molecule has 1 aliphatic heterocycles. The highest BCUT2D eigenvalue weighted by molar-refractivity contribution is 5.73. The molecule has 0 radical (unpaired) electrons. The number of allylic oxidation sites excluding steroid dienone is 3. The average Bonchev–Trinajstić information content (AvgIpc) is 2.97.